The molecule has 0 aliphatic carbocycles. The molecule has 1 amide bonds. The zero-order valence-corrected chi connectivity index (χ0v) is 17.4. The van der Waals surface area contributed by atoms with Gasteiger partial charge in [0.05, 0.1) is 22.6 Å². The number of anilines is 2. The summed E-state index contributed by atoms with van der Waals surface area (Å²) < 4.78 is 0. The van der Waals surface area contributed by atoms with E-state index in [1.54, 1.807) is 11.8 Å². The van der Waals surface area contributed by atoms with Crippen LogP contribution in [0.4, 0.5) is 10.8 Å². The van der Waals surface area contributed by atoms with Gasteiger partial charge in [-0.1, -0.05) is 42.5 Å². The molecule has 2 aromatic carbocycles. The Morgan fingerprint density at radius 1 is 0.897 bits per heavy atom. The fourth-order valence-electron chi connectivity index (χ4n) is 3.35. The molecule has 2 heterocycles. The predicted octanol–water partition coefficient (Wildman–Crippen LogP) is 6.16. The molecule has 0 atom stereocenters. The number of hydrogen-bond donors (Lipinski definition) is 0. The molecule has 29 heavy (non-hydrogen) atoms. The first-order valence-corrected chi connectivity index (χ1v) is 10.3. The summed E-state index contributed by atoms with van der Waals surface area (Å²) in [6.07, 6.45) is 3.88. The van der Waals surface area contributed by atoms with Gasteiger partial charge in [-0.15, -0.1) is 11.3 Å². The zero-order valence-electron chi connectivity index (χ0n) is 16.6. The third kappa shape index (κ3) is 3.96. The number of benzene rings is 2. The lowest BCUT2D eigenvalue weighted by Crippen LogP contribution is -2.24. The number of pyridine rings is 1. The Morgan fingerprint density at radius 3 is 2.38 bits per heavy atom. The van der Waals surface area contributed by atoms with Crippen LogP contribution in [0.1, 0.15) is 29.4 Å². The average molecular weight is 400 g/mol. The van der Waals surface area contributed by atoms with Crippen LogP contribution in [0.5, 0.6) is 0 Å². The molecule has 4 rings (SSSR count). The molecule has 0 saturated carbocycles. The Morgan fingerprint density at radius 2 is 1.62 bits per heavy atom. The zero-order chi connectivity index (χ0) is 20.4. The van der Waals surface area contributed by atoms with Gasteiger partial charge in [0, 0.05) is 17.7 Å². The van der Waals surface area contributed by atoms with Gasteiger partial charge >= 0.3 is 0 Å². The van der Waals surface area contributed by atoms with E-state index in [2.05, 4.69) is 16.0 Å². The van der Waals surface area contributed by atoms with Crippen LogP contribution in [-0.4, -0.2) is 15.9 Å². The number of fused-ring (bicyclic) bond motifs is 1. The highest BCUT2D eigenvalue weighted by Crippen LogP contribution is 2.34. The topological polar surface area (TPSA) is 46.1 Å². The molecule has 4 aromatic rings. The fraction of sp³-hybridized carbons (Fsp3) is 0.125. The molecule has 0 radical (unpaired) electrons. The second-order valence-corrected chi connectivity index (χ2v) is 7.75. The molecular weight excluding hydrogens is 378 g/mol. The van der Waals surface area contributed by atoms with Gasteiger partial charge in [-0.25, -0.2) is 9.97 Å². The first kappa shape index (κ1) is 19.0. The molecular formula is C24H21N3OS. The lowest BCUT2D eigenvalue weighted by Gasteiger charge is -2.22. The largest absolute Gasteiger partial charge is 0.274 e. The summed E-state index contributed by atoms with van der Waals surface area (Å²) in [5.74, 6) is -0.0523. The van der Waals surface area contributed by atoms with Crippen molar-refractivity contribution >= 4 is 51.1 Å². The molecule has 0 spiro atoms. The van der Waals surface area contributed by atoms with E-state index in [0.717, 1.165) is 39.1 Å². The maximum Gasteiger partial charge on any atom is 0.230 e. The van der Waals surface area contributed by atoms with E-state index in [9.17, 15) is 4.79 Å². The number of hydrogen-bond acceptors (Lipinski definition) is 4. The van der Waals surface area contributed by atoms with E-state index in [-0.39, 0.29) is 5.91 Å². The number of para-hydroxylation sites is 2. The normalized spacial score (nSPS) is 11.3. The second kappa shape index (κ2) is 7.97. The maximum absolute atomic E-state index is 12.4. The van der Waals surface area contributed by atoms with Crippen LogP contribution in [-0.2, 0) is 4.79 Å². The van der Waals surface area contributed by atoms with Crippen molar-refractivity contribution < 1.29 is 4.79 Å². The highest BCUT2D eigenvalue weighted by atomic mass is 32.1. The van der Waals surface area contributed by atoms with Crippen molar-refractivity contribution in [2.75, 3.05) is 4.90 Å². The highest BCUT2D eigenvalue weighted by molar-refractivity contribution is 7.14. The Balaban J connectivity index is 1.64. The van der Waals surface area contributed by atoms with Crippen molar-refractivity contribution in [3.63, 3.8) is 0 Å². The van der Waals surface area contributed by atoms with Crippen molar-refractivity contribution in [2.45, 2.75) is 20.8 Å². The van der Waals surface area contributed by atoms with Crippen LogP contribution in [0.25, 0.3) is 23.1 Å². The standard InChI is InChI=1S/C24H21N3OS/c1-16-7-6-8-17(2)23(16)27(18(3)28)24-26-21(15-29-24)14-13-20-12-11-19-9-4-5-10-22(19)25-20/h4-15H,1-3H3. The Labute approximate surface area is 174 Å². The predicted molar refractivity (Wildman–Crippen MR) is 122 cm³/mol. The second-order valence-electron chi connectivity index (χ2n) is 6.91. The molecule has 144 valence electrons. The summed E-state index contributed by atoms with van der Waals surface area (Å²) >= 11 is 1.46. The van der Waals surface area contributed by atoms with Crippen molar-refractivity contribution in [2.24, 2.45) is 0 Å². The van der Waals surface area contributed by atoms with Gasteiger partial charge in [-0.05, 0) is 49.3 Å². The summed E-state index contributed by atoms with van der Waals surface area (Å²) in [6, 6.07) is 18.1. The number of aromatic nitrogens is 2. The van der Waals surface area contributed by atoms with E-state index in [4.69, 9.17) is 0 Å². The molecule has 0 aliphatic heterocycles. The average Bonchev–Trinajstić information content (AvgIpc) is 3.17. The molecule has 0 N–H and O–H groups in total. The lowest BCUT2D eigenvalue weighted by molar-refractivity contribution is -0.115. The van der Waals surface area contributed by atoms with E-state index in [0.29, 0.717) is 5.13 Å². The number of carbonyl (C=O) groups excluding carboxylic acids is 1. The first-order chi connectivity index (χ1) is 14.0. The molecule has 0 saturated heterocycles. The maximum atomic E-state index is 12.4. The SMILES string of the molecule is CC(=O)N(c1nc(C=Cc2ccc3ccccc3n2)cs1)c1c(C)cccc1C. The minimum atomic E-state index is -0.0523. The number of amides is 1. The number of carbonyl (C=O) groups is 1. The van der Waals surface area contributed by atoms with Gasteiger partial charge < -0.3 is 0 Å². The fourth-order valence-corrected chi connectivity index (χ4v) is 4.19. The first-order valence-electron chi connectivity index (χ1n) is 9.39. The van der Waals surface area contributed by atoms with Gasteiger partial charge in [0.25, 0.3) is 0 Å². The van der Waals surface area contributed by atoms with E-state index in [1.165, 1.54) is 11.3 Å². The Kier molecular flexibility index (Phi) is 5.23. The Bertz CT molecular complexity index is 1210. The summed E-state index contributed by atoms with van der Waals surface area (Å²) in [6.45, 7) is 5.60. The van der Waals surface area contributed by atoms with Gasteiger partial charge in [0.2, 0.25) is 5.91 Å². The lowest BCUT2D eigenvalue weighted by atomic mass is 10.1. The third-order valence-corrected chi connectivity index (χ3v) is 5.57. The summed E-state index contributed by atoms with van der Waals surface area (Å²) in [7, 11) is 0. The van der Waals surface area contributed by atoms with Crippen LogP contribution in [0.15, 0.2) is 60.0 Å². The van der Waals surface area contributed by atoms with Crippen LogP contribution >= 0.6 is 11.3 Å². The molecule has 2 aromatic heterocycles. The Hall–Kier alpha value is -3.31. The van der Waals surface area contributed by atoms with Gasteiger partial charge in [0.15, 0.2) is 5.13 Å². The van der Waals surface area contributed by atoms with Crippen molar-refractivity contribution in [3.05, 3.63) is 82.5 Å². The van der Waals surface area contributed by atoms with Crippen molar-refractivity contribution in [3.8, 4) is 0 Å². The third-order valence-electron chi connectivity index (χ3n) is 4.72. The van der Waals surface area contributed by atoms with Crippen LogP contribution in [0, 0.1) is 13.8 Å². The van der Waals surface area contributed by atoms with E-state index >= 15 is 0 Å². The van der Waals surface area contributed by atoms with Crippen LogP contribution in [0.2, 0.25) is 0 Å². The number of nitrogens with zero attached hydrogens (tertiary/aromatic N) is 3. The minimum absolute atomic E-state index is 0.0523. The molecule has 0 fully saturated rings. The summed E-state index contributed by atoms with van der Waals surface area (Å²) in [5.41, 5.74) is 5.64. The number of aryl methyl sites for hydroxylation is 2. The highest BCUT2D eigenvalue weighted by Gasteiger charge is 2.21. The molecule has 0 bridgehead atoms. The number of thiazole rings is 1. The molecule has 0 aliphatic rings. The minimum Gasteiger partial charge on any atom is -0.274 e. The molecule has 0 unspecified atom stereocenters. The molecule has 5 heteroatoms. The summed E-state index contributed by atoms with van der Waals surface area (Å²) in [5, 5.41) is 3.74. The van der Waals surface area contributed by atoms with Crippen LogP contribution in [0.3, 0.4) is 0 Å². The van der Waals surface area contributed by atoms with E-state index in [1.807, 2.05) is 79.9 Å². The number of rotatable bonds is 4. The quantitative estimate of drug-likeness (QED) is 0.413. The van der Waals surface area contributed by atoms with Gasteiger partial charge in [0.1, 0.15) is 0 Å². The monoisotopic (exact) mass is 399 g/mol. The smallest absolute Gasteiger partial charge is 0.230 e. The summed E-state index contributed by atoms with van der Waals surface area (Å²) in [4.78, 5) is 23.5. The van der Waals surface area contributed by atoms with Crippen LogP contribution < -0.4 is 4.90 Å². The van der Waals surface area contributed by atoms with Gasteiger partial charge in [-0.3, -0.25) is 9.69 Å². The molecule has 4 nitrogen and oxygen atoms in total. The van der Waals surface area contributed by atoms with E-state index < -0.39 is 0 Å². The van der Waals surface area contributed by atoms with Gasteiger partial charge in [-0.2, -0.15) is 0 Å². The van der Waals surface area contributed by atoms with Crippen molar-refractivity contribution in [1.82, 2.24) is 9.97 Å². The van der Waals surface area contributed by atoms with Crippen molar-refractivity contribution in [1.29, 1.82) is 0 Å².